The van der Waals surface area contributed by atoms with Gasteiger partial charge < -0.3 is 24.2 Å². The van der Waals surface area contributed by atoms with E-state index in [0.29, 0.717) is 51.9 Å². The van der Waals surface area contributed by atoms with Crippen molar-refractivity contribution < 1.29 is 18.7 Å². The molecular weight excluding hydrogens is 559 g/mol. The van der Waals surface area contributed by atoms with Crippen molar-refractivity contribution in [3.63, 3.8) is 0 Å². The minimum absolute atomic E-state index is 0.0561. The summed E-state index contributed by atoms with van der Waals surface area (Å²) < 4.78 is 25.6. The molecule has 42 heavy (non-hydrogen) atoms. The van der Waals surface area contributed by atoms with E-state index >= 15 is 0 Å². The summed E-state index contributed by atoms with van der Waals surface area (Å²) in [6, 6.07) is 12.5. The van der Waals surface area contributed by atoms with Crippen LogP contribution in [0.2, 0.25) is 5.02 Å². The Morgan fingerprint density at radius 1 is 1.10 bits per heavy atom. The summed E-state index contributed by atoms with van der Waals surface area (Å²) in [7, 11) is 0. The Hall–Kier alpha value is -3.47. The van der Waals surface area contributed by atoms with Crippen LogP contribution < -0.4 is 14.5 Å². The fraction of sp³-hybridized carbons (Fsp3) is 0.452. The molecule has 2 saturated heterocycles. The van der Waals surface area contributed by atoms with Gasteiger partial charge in [-0.05, 0) is 30.5 Å². The first-order valence-corrected chi connectivity index (χ1v) is 15.0. The van der Waals surface area contributed by atoms with E-state index in [9.17, 15) is 9.18 Å². The number of benzene rings is 2. The van der Waals surface area contributed by atoms with Gasteiger partial charge in [0, 0.05) is 62.5 Å². The zero-order valence-electron chi connectivity index (χ0n) is 23.9. The predicted molar refractivity (Wildman–Crippen MR) is 162 cm³/mol. The Kier molecular flexibility index (Phi) is 8.46. The number of halogens is 2. The van der Waals surface area contributed by atoms with Gasteiger partial charge in [-0.25, -0.2) is 4.39 Å². The number of aromatic nitrogens is 2. The summed E-state index contributed by atoms with van der Waals surface area (Å²) in [5.41, 5.74) is 3.05. The van der Waals surface area contributed by atoms with E-state index in [2.05, 4.69) is 52.5 Å². The first-order valence-electron chi connectivity index (χ1n) is 14.6. The standard InChI is InChI=1S/C31H36ClFN6O3/c1-3-36-16-17-41-23(18-36)20-42-31-34-26-19-39(27-9-5-7-22-6-4-8-25(32)28(22)27)11-10-24(26)29(35-31)37-12-14-38(15-13-37)30(40)21(2)33/h4-9,23H,2-3,10-20H2,1H3. The number of ether oxygens (including phenoxy) is 2. The van der Waals surface area contributed by atoms with Crippen molar-refractivity contribution in [2.45, 2.75) is 26.0 Å². The molecule has 0 saturated carbocycles. The van der Waals surface area contributed by atoms with Gasteiger partial charge in [-0.1, -0.05) is 49.4 Å². The molecule has 2 fully saturated rings. The lowest BCUT2D eigenvalue weighted by Crippen LogP contribution is -2.49. The number of piperazine rings is 1. The number of morpholine rings is 1. The summed E-state index contributed by atoms with van der Waals surface area (Å²) in [5, 5.41) is 2.84. The quantitative estimate of drug-likeness (QED) is 0.379. The van der Waals surface area contributed by atoms with Crippen LogP contribution in [0.5, 0.6) is 6.01 Å². The Morgan fingerprint density at radius 3 is 2.64 bits per heavy atom. The van der Waals surface area contributed by atoms with Gasteiger partial charge in [0.1, 0.15) is 18.5 Å². The zero-order chi connectivity index (χ0) is 29.2. The molecule has 1 aromatic heterocycles. The van der Waals surface area contributed by atoms with Gasteiger partial charge in [0.05, 0.1) is 23.9 Å². The van der Waals surface area contributed by atoms with Crippen LogP contribution in [0.4, 0.5) is 15.9 Å². The highest BCUT2D eigenvalue weighted by atomic mass is 35.5. The molecule has 4 heterocycles. The van der Waals surface area contributed by atoms with Crippen LogP contribution in [0.1, 0.15) is 18.2 Å². The van der Waals surface area contributed by atoms with Gasteiger partial charge in [-0.3, -0.25) is 9.69 Å². The molecule has 11 heteroatoms. The number of hydrogen-bond donors (Lipinski definition) is 0. The number of carbonyl (C=O) groups excluding carboxylic acids is 1. The molecule has 2 aromatic carbocycles. The number of rotatable bonds is 7. The summed E-state index contributed by atoms with van der Waals surface area (Å²) in [4.78, 5) is 30.2. The van der Waals surface area contributed by atoms with E-state index in [4.69, 9.17) is 31.0 Å². The Labute approximate surface area is 250 Å². The van der Waals surface area contributed by atoms with E-state index in [1.165, 1.54) is 4.90 Å². The molecule has 3 aliphatic heterocycles. The minimum Gasteiger partial charge on any atom is -0.461 e. The first kappa shape index (κ1) is 28.6. The predicted octanol–water partition coefficient (Wildman–Crippen LogP) is 4.08. The lowest BCUT2D eigenvalue weighted by molar-refractivity contribution is -0.128. The SMILES string of the molecule is C=C(F)C(=O)N1CCN(c2nc(OCC3CN(CC)CCO3)nc3c2CCN(c2cccc4cccc(Cl)c24)C3)CC1. The minimum atomic E-state index is -0.932. The van der Waals surface area contributed by atoms with Gasteiger partial charge in [-0.2, -0.15) is 9.97 Å². The zero-order valence-corrected chi connectivity index (χ0v) is 24.7. The second kappa shape index (κ2) is 12.4. The maximum Gasteiger partial charge on any atom is 0.318 e. The molecule has 1 amide bonds. The molecule has 6 rings (SSSR count). The molecule has 3 aromatic rings. The molecule has 1 unspecified atom stereocenters. The smallest absolute Gasteiger partial charge is 0.318 e. The van der Waals surface area contributed by atoms with Crippen LogP contribution in [0.3, 0.4) is 0 Å². The molecule has 1 atom stereocenters. The molecule has 0 aliphatic carbocycles. The summed E-state index contributed by atoms with van der Waals surface area (Å²) in [6.07, 6.45) is 0.683. The fourth-order valence-electron chi connectivity index (χ4n) is 6.09. The highest BCUT2D eigenvalue weighted by Crippen LogP contribution is 2.37. The third-order valence-electron chi connectivity index (χ3n) is 8.36. The molecular formula is C31H36ClFN6O3. The average Bonchev–Trinajstić information content (AvgIpc) is 3.02. The van der Waals surface area contributed by atoms with E-state index in [0.717, 1.165) is 71.2 Å². The lowest BCUT2D eigenvalue weighted by atomic mass is 10.0. The van der Waals surface area contributed by atoms with Crippen molar-refractivity contribution in [2.75, 3.05) is 75.4 Å². The molecule has 0 N–H and O–H groups in total. The van der Waals surface area contributed by atoms with Gasteiger partial charge >= 0.3 is 6.01 Å². The number of fused-ring (bicyclic) bond motifs is 2. The van der Waals surface area contributed by atoms with E-state index in [-0.39, 0.29) is 6.10 Å². The monoisotopic (exact) mass is 594 g/mol. The molecule has 222 valence electrons. The van der Waals surface area contributed by atoms with E-state index < -0.39 is 11.7 Å². The number of anilines is 2. The molecule has 0 bridgehead atoms. The second-order valence-corrected chi connectivity index (χ2v) is 11.3. The van der Waals surface area contributed by atoms with Gasteiger partial charge in [0.25, 0.3) is 5.91 Å². The van der Waals surface area contributed by atoms with Gasteiger partial charge in [0.2, 0.25) is 0 Å². The molecule has 3 aliphatic rings. The number of amides is 1. The van der Waals surface area contributed by atoms with Crippen LogP contribution >= 0.6 is 11.6 Å². The summed E-state index contributed by atoms with van der Waals surface area (Å²) in [5.74, 6) is -0.767. The number of likely N-dealkylation sites (N-methyl/N-ethyl adjacent to an activating group) is 1. The first-order chi connectivity index (χ1) is 20.4. The second-order valence-electron chi connectivity index (χ2n) is 10.9. The van der Waals surface area contributed by atoms with Crippen molar-refractivity contribution >= 4 is 39.8 Å². The van der Waals surface area contributed by atoms with Crippen LogP contribution in [0.15, 0.2) is 48.8 Å². The molecule has 0 radical (unpaired) electrons. The maximum atomic E-state index is 13.5. The lowest BCUT2D eigenvalue weighted by Gasteiger charge is -2.38. The third-order valence-corrected chi connectivity index (χ3v) is 8.68. The molecule has 0 spiro atoms. The van der Waals surface area contributed by atoms with Crippen molar-refractivity contribution in [1.29, 1.82) is 0 Å². The van der Waals surface area contributed by atoms with Crippen LogP contribution in [-0.2, 0) is 22.5 Å². The number of nitrogens with zero attached hydrogens (tertiary/aromatic N) is 6. The Balaban J connectivity index is 1.28. The number of carbonyl (C=O) groups is 1. The van der Waals surface area contributed by atoms with E-state index in [1.54, 1.807) is 0 Å². The average molecular weight is 595 g/mol. The Morgan fingerprint density at radius 2 is 1.88 bits per heavy atom. The number of hydrogen-bond acceptors (Lipinski definition) is 8. The van der Waals surface area contributed by atoms with Crippen LogP contribution in [0.25, 0.3) is 10.8 Å². The van der Waals surface area contributed by atoms with Crippen molar-refractivity contribution in [1.82, 2.24) is 19.8 Å². The highest BCUT2D eigenvalue weighted by molar-refractivity contribution is 6.36. The third kappa shape index (κ3) is 5.88. The highest BCUT2D eigenvalue weighted by Gasteiger charge is 2.30. The van der Waals surface area contributed by atoms with Crippen molar-refractivity contribution in [2.24, 2.45) is 0 Å². The van der Waals surface area contributed by atoms with Crippen molar-refractivity contribution in [3.05, 3.63) is 65.1 Å². The summed E-state index contributed by atoms with van der Waals surface area (Å²) >= 11 is 6.67. The summed E-state index contributed by atoms with van der Waals surface area (Å²) in [6.45, 7) is 12.2. The fourth-order valence-corrected chi connectivity index (χ4v) is 6.37. The molecule has 9 nitrogen and oxygen atoms in total. The van der Waals surface area contributed by atoms with Gasteiger partial charge in [0.15, 0.2) is 5.83 Å². The van der Waals surface area contributed by atoms with Crippen molar-refractivity contribution in [3.8, 4) is 6.01 Å². The topological polar surface area (TPSA) is 74.3 Å². The van der Waals surface area contributed by atoms with E-state index in [1.807, 2.05) is 12.1 Å². The van der Waals surface area contributed by atoms with Crippen LogP contribution in [-0.4, -0.2) is 97.4 Å². The largest absolute Gasteiger partial charge is 0.461 e. The van der Waals surface area contributed by atoms with Gasteiger partial charge in [-0.15, -0.1) is 0 Å². The Bertz CT molecular complexity index is 1480. The van der Waals surface area contributed by atoms with Crippen LogP contribution in [0, 0.1) is 0 Å². The maximum absolute atomic E-state index is 13.5. The normalized spacial score (nSPS) is 19.6.